The van der Waals surface area contributed by atoms with Gasteiger partial charge >= 0.3 is 0 Å². The topological polar surface area (TPSA) is 49.8 Å². The first-order valence-electron chi connectivity index (χ1n) is 6.07. The van der Waals surface area contributed by atoms with Crippen molar-refractivity contribution in [2.24, 2.45) is 0 Å². The Hall–Kier alpha value is -2.10. The van der Waals surface area contributed by atoms with Crippen LogP contribution in [-0.2, 0) is 6.42 Å². The molecule has 0 aliphatic carbocycles. The summed E-state index contributed by atoms with van der Waals surface area (Å²) in [6, 6.07) is 10.5. The van der Waals surface area contributed by atoms with Crippen LogP contribution < -0.4 is 10.6 Å². The molecule has 4 nitrogen and oxygen atoms in total. The van der Waals surface area contributed by atoms with E-state index in [9.17, 15) is 0 Å². The number of hydrogen-bond acceptors (Lipinski definition) is 4. The van der Waals surface area contributed by atoms with Crippen molar-refractivity contribution in [3.05, 3.63) is 47.8 Å². The molecule has 0 fully saturated rings. The number of aryl methyl sites for hydroxylation is 1. The fourth-order valence-electron chi connectivity index (χ4n) is 1.68. The lowest BCUT2D eigenvalue weighted by atomic mass is 10.1. The lowest BCUT2D eigenvalue weighted by Crippen LogP contribution is -2.07. The van der Waals surface area contributed by atoms with Gasteiger partial charge in [-0.15, -0.1) is 0 Å². The number of hydrogen-bond donors (Lipinski definition) is 2. The molecule has 0 aliphatic rings. The van der Waals surface area contributed by atoms with Gasteiger partial charge in [0.2, 0.25) is 0 Å². The van der Waals surface area contributed by atoms with Gasteiger partial charge in [-0.25, -0.2) is 9.97 Å². The molecule has 0 atom stereocenters. The summed E-state index contributed by atoms with van der Waals surface area (Å²) in [7, 11) is 1.85. The third-order valence-electron chi connectivity index (χ3n) is 2.76. The van der Waals surface area contributed by atoms with E-state index in [1.54, 1.807) is 6.33 Å². The molecule has 2 rings (SSSR count). The van der Waals surface area contributed by atoms with Crippen LogP contribution in [-0.4, -0.2) is 23.6 Å². The van der Waals surface area contributed by atoms with Crippen molar-refractivity contribution in [1.82, 2.24) is 9.97 Å². The Morgan fingerprint density at radius 2 is 1.78 bits per heavy atom. The minimum Gasteiger partial charge on any atom is -0.373 e. The van der Waals surface area contributed by atoms with E-state index in [0.717, 1.165) is 24.6 Å². The van der Waals surface area contributed by atoms with Crippen molar-refractivity contribution in [3.63, 3.8) is 0 Å². The van der Waals surface area contributed by atoms with Gasteiger partial charge in [-0.2, -0.15) is 0 Å². The van der Waals surface area contributed by atoms with Crippen LogP contribution in [0.1, 0.15) is 11.1 Å². The highest BCUT2D eigenvalue weighted by molar-refractivity contribution is 5.45. The maximum absolute atomic E-state index is 4.17. The molecule has 0 unspecified atom stereocenters. The Balaban J connectivity index is 1.86. The molecule has 0 saturated heterocycles. The molecule has 0 spiro atoms. The quantitative estimate of drug-likeness (QED) is 0.845. The average molecular weight is 242 g/mol. The number of rotatable bonds is 5. The molecule has 2 N–H and O–H groups in total. The summed E-state index contributed by atoms with van der Waals surface area (Å²) < 4.78 is 0. The zero-order chi connectivity index (χ0) is 12.8. The first-order valence-corrected chi connectivity index (χ1v) is 6.07. The lowest BCUT2D eigenvalue weighted by Gasteiger charge is -2.07. The maximum Gasteiger partial charge on any atom is 0.131 e. The standard InChI is InChI=1S/C14H18N4/c1-11-3-5-12(6-4-11)7-8-16-14-9-13(15-2)17-10-18-14/h3-6,9-10H,7-8H2,1-2H3,(H2,15,16,17,18). The van der Waals surface area contributed by atoms with E-state index in [-0.39, 0.29) is 0 Å². The third kappa shape index (κ3) is 3.45. The first-order chi connectivity index (χ1) is 8.78. The second kappa shape index (κ2) is 6.00. The third-order valence-corrected chi connectivity index (χ3v) is 2.76. The van der Waals surface area contributed by atoms with E-state index in [1.807, 2.05) is 13.1 Å². The smallest absolute Gasteiger partial charge is 0.131 e. The number of anilines is 2. The molecule has 2 aromatic rings. The van der Waals surface area contributed by atoms with Gasteiger partial charge in [0.15, 0.2) is 0 Å². The normalized spacial score (nSPS) is 10.1. The molecule has 0 amide bonds. The Bertz CT molecular complexity index is 493. The summed E-state index contributed by atoms with van der Waals surface area (Å²) in [6.45, 7) is 2.96. The molecule has 18 heavy (non-hydrogen) atoms. The van der Waals surface area contributed by atoms with Crippen molar-refractivity contribution in [2.45, 2.75) is 13.3 Å². The fourth-order valence-corrected chi connectivity index (χ4v) is 1.68. The molecule has 1 aromatic carbocycles. The lowest BCUT2D eigenvalue weighted by molar-refractivity contribution is 0.998. The molecular weight excluding hydrogens is 224 g/mol. The minimum atomic E-state index is 0.822. The maximum atomic E-state index is 4.17. The molecule has 0 saturated carbocycles. The highest BCUT2D eigenvalue weighted by atomic mass is 15.0. The van der Waals surface area contributed by atoms with E-state index in [2.05, 4.69) is 51.8 Å². The molecule has 94 valence electrons. The zero-order valence-electron chi connectivity index (χ0n) is 10.8. The van der Waals surface area contributed by atoms with Crippen LogP contribution in [0.4, 0.5) is 11.6 Å². The number of benzene rings is 1. The zero-order valence-corrected chi connectivity index (χ0v) is 10.8. The predicted molar refractivity (Wildman–Crippen MR) is 75.0 cm³/mol. The summed E-state index contributed by atoms with van der Waals surface area (Å²) in [4.78, 5) is 8.24. The molecular formula is C14H18N4. The summed E-state index contributed by atoms with van der Waals surface area (Å²) in [5.74, 6) is 1.67. The van der Waals surface area contributed by atoms with Crippen molar-refractivity contribution in [1.29, 1.82) is 0 Å². The summed E-state index contributed by atoms with van der Waals surface area (Å²) in [5, 5.41) is 6.28. The van der Waals surface area contributed by atoms with E-state index < -0.39 is 0 Å². The van der Waals surface area contributed by atoms with Gasteiger partial charge in [-0.1, -0.05) is 29.8 Å². The molecule has 0 aliphatic heterocycles. The molecule has 1 heterocycles. The van der Waals surface area contributed by atoms with Gasteiger partial charge < -0.3 is 10.6 Å². The monoisotopic (exact) mass is 242 g/mol. The minimum absolute atomic E-state index is 0.822. The van der Waals surface area contributed by atoms with Gasteiger partial charge in [0.25, 0.3) is 0 Å². The molecule has 0 radical (unpaired) electrons. The number of nitrogens with one attached hydrogen (secondary N) is 2. The van der Waals surface area contributed by atoms with E-state index in [0.29, 0.717) is 0 Å². The highest BCUT2D eigenvalue weighted by Gasteiger charge is 1.97. The summed E-state index contributed by atoms with van der Waals surface area (Å²) in [5.41, 5.74) is 2.62. The average Bonchev–Trinajstić information content (AvgIpc) is 2.41. The summed E-state index contributed by atoms with van der Waals surface area (Å²) in [6.07, 6.45) is 2.54. The predicted octanol–water partition coefficient (Wildman–Crippen LogP) is 2.48. The van der Waals surface area contributed by atoms with Crippen molar-refractivity contribution >= 4 is 11.6 Å². The van der Waals surface area contributed by atoms with Gasteiger partial charge in [0, 0.05) is 19.7 Å². The largest absolute Gasteiger partial charge is 0.373 e. The number of nitrogens with zero attached hydrogens (tertiary/aromatic N) is 2. The van der Waals surface area contributed by atoms with Crippen LogP contribution in [0.5, 0.6) is 0 Å². The van der Waals surface area contributed by atoms with Gasteiger partial charge in [-0.05, 0) is 18.9 Å². The SMILES string of the molecule is CNc1cc(NCCc2ccc(C)cc2)ncn1. The van der Waals surface area contributed by atoms with Gasteiger partial charge in [0.05, 0.1) is 0 Å². The second-order valence-electron chi connectivity index (χ2n) is 4.20. The summed E-state index contributed by atoms with van der Waals surface area (Å²) >= 11 is 0. The first kappa shape index (κ1) is 12.4. The Labute approximate surface area is 107 Å². The van der Waals surface area contributed by atoms with E-state index in [1.165, 1.54) is 11.1 Å². The van der Waals surface area contributed by atoms with Crippen LogP contribution in [0.3, 0.4) is 0 Å². The van der Waals surface area contributed by atoms with E-state index >= 15 is 0 Å². The molecule has 0 bridgehead atoms. The van der Waals surface area contributed by atoms with Crippen molar-refractivity contribution < 1.29 is 0 Å². The van der Waals surface area contributed by atoms with Crippen LogP contribution >= 0.6 is 0 Å². The van der Waals surface area contributed by atoms with Crippen molar-refractivity contribution in [3.8, 4) is 0 Å². The molecule has 4 heteroatoms. The Morgan fingerprint density at radius 3 is 2.50 bits per heavy atom. The van der Waals surface area contributed by atoms with Gasteiger partial charge in [-0.3, -0.25) is 0 Å². The van der Waals surface area contributed by atoms with Gasteiger partial charge in [0.1, 0.15) is 18.0 Å². The molecule has 1 aromatic heterocycles. The van der Waals surface area contributed by atoms with Crippen LogP contribution in [0, 0.1) is 6.92 Å². The Morgan fingerprint density at radius 1 is 1.06 bits per heavy atom. The van der Waals surface area contributed by atoms with Crippen LogP contribution in [0.15, 0.2) is 36.7 Å². The highest BCUT2D eigenvalue weighted by Crippen LogP contribution is 2.08. The van der Waals surface area contributed by atoms with Crippen LogP contribution in [0.2, 0.25) is 0 Å². The number of aromatic nitrogens is 2. The Kier molecular flexibility index (Phi) is 4.12. The second-order valence-corrected chi connectivity index (χ2v) is 4.20. The van der Waals surface area contributed by atoms with Crippen LogP contribution in [0.25, 0.3) is 0 Å². The fraction of sp³-hybridized carbons (Fsp3) is 0.286. The van der Waals surface area contributed by atoms with E-state index in [4.69, 9.17) is 0 Å². The van der Waals surface area contributed by atoms with Crippen molar-refractivity contribution in [2.75, 3.05) is 24.2 Å².